The molecule has 0 bridgehead atoms. The number of nitrogens with zero attached hydrogens (tertiary/aromatic N) is 1. The van der Waals surface area contributed by atoms with Crippen molar-refractivity contribution in [3.63, 3.8) is 0 Å². The number of fused-ring (bicyclic) bond motifs is 1. The second kappa shape index (κ2) is 4.39. The number of rotatable bonds is 1. The van der Waals surface area contributed by atoms with Gasteiger partial charge in [0.25, 0.3) is 0 Å². The molecule has 1 aliphatic carbocycles. The van der Waals surface area contributed by atoms with Crippen LogP contribution in [-0.2, 0) is 6.42 Å². The van der Waals surface area contributed by atoms with Gasteiger partial charge < -0.3 is 5.73 Å². The van der Waals surface area contributed by atoms with E-state index in [0.717, 1.165) is 37.9 Å². The van der Waals surface area contributed by atoms with E-state index in [9.17, 15) is 4.39 Å². The van der Waals surface area contributed by atoms with Crippen LogP contribution >= 0.6 is 0 Å². The van der Waals surface area contributed by atoms with Crippen LogP contribution < -0.4 is 5.73 Å². The highest BCUT2D eigenvalue weighted by Gasteiger charge is 2.31. The lowest BCUT2D eigenvalue weighted by atomic mass is 10.0. The van der Waals surface area contributed by atoms with Gasteiger partial charge in [-0.05, 0) is 49.4 Å². The Balaban J connectivity index is 1.85. The highest BCUT2D eigenvalue weighted by molar-refractivity contribution is 5.35. The van der Waals surface area contributed by atoms with Crippen LogP contribution in [0.4, 0.5) is 4.39 Å². The Kier molecular flexibility index (Phi) is 2.89. The van der Waals surface area contributed by atoms with Crippen molar-refractivity contribution in [2.45, 2.75) is 37.8 Å². The average Bonchev–Trinajstić information content (AvgIpc) is 2.74. The molecule has 1 aliphatic heterocycles. The first-order valence-corrected chi connectivity index (χ1v) is 6.52. The maximum atomic E-state index is 13.7. The van der Waals surface area contributed by atoms with Crippen molar-refractivity contribution in [1.29, 1.82) is 0 Å². The van der Waals surface area contributed by atoms with Crippen LogP contribution in [0.3, 0.4) is 0 Å². The molecule has 0 spiro atoms. The maximum absolute atomic E-state index is 13.7. The van der Waals surface area contributed by atoms with E-state index in [-0.39, 0.29) is 5.82 Å². The quantitative estimate of drug-likeness (QED) is 0.807. The van der Waals surface area contributed by atoms with Crippen LogP contribution in [0, 0.1) is 5.82 Å². The molecule has 2 unspecified atom stereocenters. The van der Waals surface area contributed by atoms with Crippen molar-refractivity contribution in [2.24, 2.45) is 5.73 Å². The summed E-state index contributed by atoms with van der Waals surface area (Å²) in [5, 5.41) is 0. The fraction of sp³-hybridized carbons (Fsp3) is 0.571. The number of piperidine rings is 1. The molecule has 92 valence electrons. The minimum absolute atomic E-state index is 0.0358. The SMILES string of the molecule is NC1CCCN(C2CCc3c(F)cccc32)C1. The summed E-state index contributed by atoms with van der Waals surface area (Å²) in [6, 6.07) is 6.17. The molecule has 1 fully saturated rings. The predicted molar refractivity (Wildman–Crippen MR) is 66.2 cm³/mol. The molecule has 2 atom stereocenters. The third-order valence-electron chi connectivity index (χ3n) is 4.11. The van der Waals surface area contributed by atoms with E-state index in [1.807, 2.05) is 6.07 Å². The van der Waals surface area contributed by atoms with Gasteiger partial charge in [0, 0.05) is 18.6 Å². The van der Waals surface area contributed by atoms with Gasteiger partial charge in [0.05, 0.1) is 0 Å². The minimum Gasteiger partial charge on any atom is -0.327 e. The molecule has 17 heavy (non-hydrogen) atoms. The first-order valence-electron chi connectivity index (χ1n) is 6.52. The van der Waals surface area contributed by atoms with Crippen molar-refractivity contribution in [3.05, 3.63) is 35.1 Å². The van der Waals surface area contributed by atoms with Crippen LogP contribution in [0.2, 0.25) is 0 Å². The monoisotopic (exact) mass is 234 g/mol. The summed E-state index contributed by atoms with van der Waals surface area (Å²) in [7, 11) is 0. The van der Waals surface area contributed by atoms with Crippen molar-refractivity contribution in [1.82, 2.24) is 4.90 Å². The molecule has 2 nitrogen and oxygen atoms in total. The van der Waals surface area contributed by atoms with Gasteiger partial charge in [-0.3, -0.25) is 4.90 Å². The van der Waals surface area contributed by atoms with Crippen LogP contribution in [0.5, 0.6) is 0 Å². The highest BCUT2D eigenvalue weighted by atomic mass is 19.1. The summed E-state index contributed by atoms with van der Waals surface area (Å²) in [6.07, 6.45) is 4.21. The van der Waals surface area contributed by atoms with Gasteiger partial charge in [-0.15, -0.1) is 0 Å². The zero-order valence-electron chi connectivity index (χ0n) is 10.0. The maximum Gasteiger partial charge on any atom is 0.126 e. The van der Waals surface area contributed by atoms with Crippen LogP contribution in [0.1, 0.15) is 36.4 Å². The molecular weight excluding hydrogens is 215 g/mol. The third kappa shape index (κ3) is 1.98. The summed E-state index contributed by atoms with van der Waals surface area (Å²) in [5.74, 6) is -0.0358. The van der Waals surface area contributed by atoms with Crippen molar-refractivity contribution in [3.8, 4) is 0 Å². The van der Waals surface area contributed by atoms with Gasteiger partial charge in [-0.2, -0.15) is 0 Å². The minimum atomic E-state index is -0.0358. The molecule has 0 saturated carbocycles. The van der Waals surface area contributed by atoms with Gasteiger partial charge >= 0.3 is 0 Å². The van der Waals surface area contributed by atoms with Gasteiger partial charge in [0.2, 0.25) is 0 Å². The second-order valence-electron chi connectivity index (χ2n) is 5.26. The Morgan fingerprint density at radius 2 is 2.18 bits per heavy atom. The molecule has 2 N–H and O–H groups in total. The molecule has 3 rings (SSSR count). The summed E-state index contributed by atoms with van der Waals surface area (Å²) >= 11 is 0. The van der Waals surface area contributed by atoms with Crippen LogP contribution in [0.25, 0.3) is 0 Å². The number of hydrogen-bond donors (Lipinski definition) is 1. The molecule has 0 amide bonds. The van der Waals surface area contributed by atoms with Gasteiger partial charge in [-0.25, -0.2) is 4.39 Å². The Morgan fingerprint density at radius 3 is 3.00 bits per heavy atom. The third-order valence-corrected chi connectivity index (χ3v) is 4.11. The molecular formula is C14H19FN2. The highest BCUT2D eigenvalue weighted by Crippen LogP contribution is 2.37. The van der Waals surface area contributed by atoms with E-state index in [1.54, 1.807) is 6.07 Å². The van der Waals surface area contributed by atoms with E-state index >= 15 is 0 Å². The fourth-order valence-electron chi connectivity index (χ4n) is 3.29. The molecule has 1 saturated heterocycles. The molecule has 2 aliphatic rings. The largest absolute Gasteiger partial charge is 0.327 e. The zero-order chi connectivity index (χ0) is 11.8. The predicted octanol–water partition coefficient (Wildman–Crippen LogP) is 2.24. The number of hydrogen-bond acceptors (Lipinski definition) is 2. The van der Waals surface area contributed by atoms with Crippen LogP contribution in [-0.4, -0.2) is 24.0 Å². The normalized spacial score (nSPS) is 29.3. The zero-order valence-corrected chi connectivity index (χ0v) is 10.0. The van der Waals surface area contributed by atoms with Gasteiger partial charge in [0.15, 0.2) is 0 Å². The lowest BCUT2D eigenvalue weighted by Gasteiger charge is -2.35. The van der Waals surface area contributed by atoms with E-state index in [4.69, 9.17) is 5.73 Å². The van der Waals surface area contributed by atoms with E-state index in [1.165, 1.54) is 12.0 Å². The molecule has 1 heterocycles. The summed E-state index contributed by atoms with van der Waals surface area (Å²) in [5.41, 5.74) is 8.15. The molecule has 3 heteroatoms. The summed E-state index contributed by atoms with van der Waals surface area (Å²) in [4.78, 5) is 2.44. The van der Waals surface area contributed by atoms with E-state index in [2.05, 4.69) is 11.0 Å². The topological polar surface area (TPSA) is 29.3 Å². The average molecular weight is 234 g/mol. The molecule has 0 aromatic heterocycles. The number of nitrogens with two attached hydrogens (primary N) is 1. The first kappa shape index (κ1) is 11.2. The second-order valence-corrected chi connectivity index (χ2v) is 5.26. The Morgan fingerprint density at radius 1 is 1.29 bits per heavy atom. The number of halogens is 1. The summed E-state index contributed by atoms with van der Waals surface area (Å²) < 4.78 is 13.7. The summed E-state index contributed by atoms with van der Waals surface area (Å²) in [6.45, 7) is 2.06. The van der Waals surface area contributed by atoms with E-state index in [0.29, 0.717) is 12.1 Å². The fourth-order valence-corrected chi connectivity index (χ4v) is 3.29. The molecule has 0 radical (unpaired) electrons. The lowest BCUT2D eigenvalue weighted by molar-refractivity contribution is 0.149. The van der Waals surface area contributed by atoms with Crippen molar-refractivity contribution < 1.29 is 4.39 Å². The van der Waals surface area contributed by atoms with Gasteiger partial charge in [-0.1, -0.05) is 12.1 Å². The Bertz CT molecular complexity index is 419. The van der Waals surface area contributed by atoms with Crippen LogP contribution in [0.15, 0.2) is 18.2 Å². The van der Waals surface area contributed by atoms with Crippen molar-refractivity contribution >= 4 is 0 Å². The number of benzene rings is 1. The van der Waals surface area contributed by atoms with Gasteiger partial charge in [0.1, 0.15) is 5.82 Å². The Hall–Kier alpha value is -0.930. The van der Waals surface area contributed by atoms with E-state index < -0.39 is 0 Å². The van der Waals surface area contributed by atoms with Crippen molar-refractivity contribution in [2.75, 3.05) is 13.1 Å². The Labute approximate surface area is 102 Å². The molecule has 1 aromatic rings. The standard InChI is InChI=1S/C14H19FN2/c15-13-5-1-4-12-11(13)6-7-14(12)17-8-2-3-10(16)9-17/h1,4-5,10,14H,2-3,6-9,16H2. The smallest absolute Gasteiger partial charge is 0.126 e. The first-order chi connectivity index (χ1) is 8.25. The lowest BCUT2D eigenvalue weighted by Crippen LogP contribution is -2.44. The molecule has 1 aromatic carbocycles. The number of likely N-dealkylation sites (tertiary alicyclic amines) is 1.